The van der Waals surface area contributed by atoms with Crippen LogP contribution < -0.4 is 0 Å². The average Bonchev–Trinajstić information content (AvgIpc) is 2.96. The Hall–Kier alpha value is -1.32. The number of hydrogen-bond acceptors (Lipinski definition) is 3. The topological polar surface area (TPSA) is 31.6 Å². The van der Waals surface area contributed by atoms with Gasteiger partial charge in [0.15, 0.2) is 5.79 Å². The molecule has 100 valence electrons. The molecule has 1 fully saturated rings. The summed E-state index contributed by atoms with van der Waals surface area (Å²) in [5, 5.41) is 1.16. The summed E-state index contributed by atoms with van der Waals surface area (Å²) in [6.45, 7) is 5.82. The van der Waals surface area contributed by atoms with Crippen molar-refractivity contribution < 1.29 is 13.9 Å². The van der Waals surface area contributed by atoms with Crippen LogP contribution in [-0.4, -0.2) is 13.2 Å². The first kappa shape index (κ1) is 11.5. The lowest BCUT2D eigenvalue weighted by molar-refractivity contribution is -0.306. The molecule has 4 rings (SSSR count). The summed E-state index contributed by atoms with van der Waals surface area (Å²) in [6.07, 6.45) is 3.65. The van der Waals surface area contributed by atoms with E-state index >= 15 is 0 Å². The third-order valence-electron chi connectivity index (χ3n) is 4.20. The SMILES string of the molecule is CC1(C)COC2(CCc3cc4ccoc4cc32)OC1. The van der Waals surface area contributed by atoms with E-state index in [4.69, 9.17) is 13.9 Å². The molecule has 3 heteroatoms. The minimum absolute atomic E-state index is 0.1000. The predicted octanol–water partition coefficient (Wildman–Crippen LogP) is 3.60. The van der Waals surface area contributed by atoms with Crippen molar-refractivity contribution in [3.63, 3.8) is 0 Å². The van der Waals surface area contributed by atoms with Crippen LogP contribution in [0.4, 0.5) is 0 Å². The number of furan rings is 1. The largest absolute Gasteiger partial charge is 0.464 e. The summed E-state index contributed by atoms with van der Waals surface area (Å²) >= 11 is 0. The number of benzene rings is 1. The zero-order chi connectivity index (χ0) is 13.1. The summed E-state index contributed by atoms with van der Waals surface area (Å²) in [4.78, 5) is 0. The number of aryl methyl sites for hydroxylation is 1. The maximum absolute atomic E-state index is 6.13. The van der Waals surface area contributed by atoms with Gasteiger partial charge in [0.25, 0.3) is 0 Å². The Morgan fingerprint density at radius 2 is 1.89 bits per heavy atom. The highest BCUT2D eigenvalue weighted by molar-refractivity contribution is 5.79. The summed E-state index contributed by atoms with van der Waals surface area (Å²) in [5.74, 6) is -0.536. The molecule has 3 nitrogen and oxygen atoms in total. The molecule has 1 saturated heterocycles. The Morgan fingerprint density at radius 3 is 2.68 bits per heavy atom. The van der Waals surface area contributed by atoms with Gasteiger partial charge in [-0.25, -0.2) is 0 Å². The maximum Gasteiger partial charge on any atom is 0.195 e. The molecule has 1 spiro atoms. The Labute approximate surface area is 112 Å². The summed E-state index contributed by atoms with van der Waals surface area (Å²) in [5.41, 5.74) is 3.50. The fourth-order valence-corrected chi connectivity index (χ4v) is 3.06. The van der Waals surface area contributed by atoms with Crippen LogP contribution >= 0.6 is 0 Å². The van der Waals surface area contributed by atoms with Gasteiger partial charge in [-0.1, -0.05) is 13.8 Å². The molecule has 0 bridgehead atoms. The molecule has 2 aromatic rings. The van der Waals surface area contributed by atoms with Crippen molar-refractivity contribution in [2.24, 2.45) is 5.41 Å². The van der Waals surface area contributed by atoms with E-state index in [-0.39, 0.29) is 5.41 Å². The smallest absolute Gasteiger partial charge is 0.195 e. The lowest BCUT2D eigenvalue weighted by Crippen LogP contribution is -2.44. The molecule has 19 heavy (non-hydrogen) atoms. The number of hydrogen-bond donors (Lipinski definition) is 0. The van der Waals surface area contributed by atoms with Crippen molar-refractivity contribution in [3.05, 3.63) is 35.6 Å². The van der Waals surface area contributed by atoms with E-state index in [1.54, 1.807) is 6.26 Å². The van der Waals surface area contributed by atoms with Gasteiger partial charge in [0.2, 0.25) is 0 Å². The predicted molar refractivity (Wildman–Crippen MR) is 71.9 cm³/mol. The molecule has 0 amide bonds. The van der Waals surface area contributed by atoms with Crippen LogP contribution in [0.5, 0.6) is 0 Å². The van der Waals surface area contributed by atoms with Crippen LogP contribution in [0.25, 0.3) is 11.0 Å². The molecule has 0 saturated carbocycles. The second-order valence-corrected chi connectivity index (χ2v) is 6.46. The van der Waals surface area contributed by atoms with E-state index in [0.29, 0.717) is 0 Å². The first-order chi connectivity index (χ1) is 9.08. The standard InChI is InChI=1S/C16H18O3/c1-15(2)9-18-16(19-10-15)5-3-11-7-12-4-6-17-14(12)8-13(11)16/h4,6-8H,3,5,9-10H2,1-2H3. The van der Waals surface area contributed by atoms with E-state index in [0.717, 1.165) is 42.6 Å². The molecule has 1 aromatic heterocycles. The summed E-state index contributed by atoms with van der Waals surface area (Å²) in [7, 11) is 0. The Morgan fingerprint density at radius 1 is 1.11 bits per heavy atom. The zero-order valence-electron chi connectivity index (χ0n) is 11.4. The third-order valence-corrected chi connectivity index (χ3v) is 4.20. The second kappa shape index (κ2) is 3.62. The minimum Gasteiger partial charge on any atom is -0.464 e. The van der Waals surface area contributed by atoms with Gasteiger partial charge in [0.05, 0.1) is 19.5 Å². The van der Waals surface area contributed by atoms with Crippen LogP contribution in [-0.2, 0) is 21.7 Å². The van der Waals surface area contributed by atoms with E-state index < -0.39 is 5.79 Å². The van der Waals surface area contributed by atoms with Gasteiger partial charge in [0.1, 0.15) is 5.58 Å². The van der Waals surface area contributed by atoms with Gasteiger partial charge in [-0.05, 0) is 30.2 Å². The summed E-state index contributed by atoms with van der Waals surface area (Å²) < 4.78 is 17.8. The first-order valence-corrected chi connectivity index (χ1v) is 6.87. The van der Waals surface area contributed by atoms with Crippen molar-refractivity contribution in [1.82, 2.24) is 0 Å². The van der Waals surface area contributed by atoms with Crippen molar-refractivity contribution in [1.29, 1.82) is 0 Å². The molecule has 1 aliphatic carbocycles. The molecule has 1 aliphatic heterocycles. The average molecular weight is 258 g/mol. The van der Waals surface area contributed by atoms with Crippen LogP contribution in [0, 0.1) is 5.41 Å². The molecular formula is C16H18O3. The molecule has 1 aromatic carbocycles. The lowest BCUT2D eigenvalue weighted by Gasteiger charge is -2.41. The van der Waals surface area contributed by atoms with Crippen LogP contribution in [0.3, 0.4) is 0 Å². The van der Waals surface area contributed by atoms with Crippen LogP contribution in [0.1, 0.15) is 31.4 Å². The number of ether oxygens (including phenoxy) is 2. The van der Waals surface area contributed by atoms with Crippen LogP contribution in [0.15, 0.2) is 28.9 Å². The maximum atomic E-state index is 6.13. The Balaban J connectivity index is 1.79. The lowest BCUT2D eigenvalue weighted by atomic mass is 9.93. The van der Waals surface area contributed by atoms with Crippen LogP contribution in [0.2, 0.25) is 0 Å². The molecule has 2 heterocycles. The normalized spacial score (nSPS) is 23.9. The zero-order valence-corrected chi connectivity index (χ0v) is 11.4. The molecule has 0 N–H and O–H groups in total. The van der Waals surface area contributed by atoms with Crippen molar-refractivity contribution >= 4 is 11.0 Å². The second-order valence-electron chi connectivity index (χ2n) is 6.46. The Bertz CT molecular complexity index is 628. The Kier molecular flexibility index (Phi) is 2.19. The molecule has 2 aliphatic rings. The fourth-order valence-electron chi connectivity index (χ4n) is 3.06. The molecule has 0 unspecified atom stereocenters. The van der Waals surface area contributed by atoms with Gasteiger partial charge < -0.3 is 13.9 Å². The van der Waals surface area contributed by atoms with E-state index in [9.17, 15) is 0 Å². The van der Waals surface area contributed by atoms with Crippen molar-refractivity contribution in [2.75, 3.05) is 13.2 Å². The van der Waals surface area contributed by atoms with E-state index in [1.807, 2.05) is 6.07 Å². The number of fused-ring (bicyclic) bond motifs is 3. The third kappa shape index (κ3) is 1.65. The monoisotopic (exact) mass is 258 g/mol. The van der Waals surface area contributed by atoms with E-state index in [2.05, 4.69) is 26.0 Å². The van der Waals surface area contributed by atoms with Gasteiger partial charge in [-0.2, -0.15) is 0 Å². The van der Waals surface area contributed by atoms with Gasteiger partial charge in [0, 0.05) is 22.8 Å². The quantitative estimate of drug-likeness (QED) is 0.723. The van der Waals surface area contributed by atoms with Crippen molar-refractivity contribution in [3.8, 4) is 0 Å². The minimum atomic E-state index is -0.536. The van der Waals surface area contributed by atoms with Gasteiger partial charge >= 0.3 is 0 Å². The van der Waals surface area contributed by atoms with E-state index in [1.165, 1.54) is 5.56 Å². The molecular weight excluding hydrogens is 240 g/mol. The summed E-state index contributed by atoms with van der Waals surface area (Å²) in [6, 6.07) is 6.30. The first-order valence-electron chi connectivity index (χ1n) is 6.87. The highest BCUT2D eigenvalue weighted by Crippen LogP contribution is 2.46. The highest BCUT2D eigenvalue weighted by Gasteiger charge is 2.46. The highest BCUT2D eigenvalue weighted by atomic mass is 16.7. The number of rotatable bonds is 0. The van der Waals surface area contributed by atoms with Crippen molar-refractivity contribution in [2.45, 2.75) is 32.5 Å². The van der Waals surface area contributed by atoms with Gasteiger partial charge in [-0.15, -0.1) is 0 Å². The van der Waals surface area contributed by atoms with Gasteiger partial charge in [-0.3, -0.25) is 0 Å². The fraction of sp³-hybridized carbons (Fsp3) is 0.500. The molecule has 0 radical (unpaired) electrons. The molecule has 0 atom stereocenters.